The van der Waals surface area contributed by atoms with Crippen molar-refractivity contribution < 1.29 is 22.8 Å². The molecule has 15 heavy (non-hydrogen) atoms. The van der Waals surface area contributed by atoms with E-state index >= 15 is 0 Å². The van der Waals surface area contributed by atoms with Crippen LogP contribution < -0.4 is 0 Å². The standard InChI is InChI=1S/C10H7F3O2/c1-6(14)7-2-4-8(5-3-7)9(15)10(11,12)13/h2-5H,1H3. The van der Waals surface area contributed by atoms with Gasteiger partial charge >= 0.3 is 6.18 Å². The van der Waals surface area contributed by atoms with Crippen molar-refractivity contribution >= 4 is 11.6 Å². The molecule has 0 amide bonds. The first-order chi connectivity index (χ1) is 6.82. The Morgan fingerprint density at radius 3 is 1.73 bits per heavy atom. The van der Waals surface area contributed by atoms with E-state index in [0.29, 0.717) is 0 Å². The second-order valence-corrected chi connectivity index (χ2v) is 2.96. The number of alkyl halides is 3. The van der Waals surface area contributed by atoms with Crippen LogP contribution in [0.15, 0.2) is 24.3 Å². The molecular formula is C10H7F3O2. The van der Waals surface area contributed by atoms with Crippen LogP contribution in [0.5, 0.6) is 0 Å². The predicted molar refractivity (Wildman–Crippen MR) is 46.8 cm³/mol. The first kappa shape index (κ1) is 11.4. The summed E-state index contributed by atoms with van der Waals surface area (Å²) in [5.74, 6) is -2.17. The van der Waals surface area contributed by atoms with E-state index in [0.717, 1.165) is 12.1 Å². The third-order valence-electron chi connectivity index (χ3n) is 1.81. The SMILES string of the molecule is CC(=O)c1ccc(C(=O)C(F)(F)F)cc1. The van der Waals surface area contributed by atoms with Gasteiger partial charge in [-0.2, -0.15) is 13.2 Å². The average molecular weight is 216 g/mol. The molecule has 0 saturated carbocycles. The highest BCUT2D eigenvalue weighted by molar-refractivity contribution is 6.01. The summed E-state index contributed by atoms with van der Waals surface area (Å²) in [6.07, 6.45) is -4.88. The fraction of sp³-hybridized carbons (Fsp3) is 0.200. The molecule has 0 atom stereocenters. The number of carbonyl (C=O) groups is 2. The van der Waals surface area contributed by atoms with Crippen molar-refractivity contribution in [3.63, 3.8) is 0 Å². The molecule has 2 nitrogen and oxygen atoms in total. The van der Waals surface area contributed by atoms with Crippen molar-refractivity contribution in [3.8, 4) is 0 Å². The monoisotopic (exact) mass is 216 g/mol. The lowest BCUT2D eigenvalue weighted by Crippen LogP contribution is -2.22. The molecule has 1 aromatic rings. The molecule has 0 spiro atoms. The first-order valence-corrected chi connectivity index (χ1v) is 4.05. The Kier molecular flexibility index (Phi) is 2.93. The molecule has 0 aromatic heterocycles. The minimum Gasteiger partial charge on any atom is -0.295 e. The van der Waals surface area contributed by atoms with Crippen molar-refractivity contribution in [2.24, 2.45) is 0 Å². The molecule has 0 heterocycles. The van der Waals surface area contributed by atoms with Gasteiger partial charge in [-0.3, -0.25) is 9.59 Å². The van der Waals surface area contributed by atoms with E-state index in [-0.39, 0.29) is 11.3 Å². The lowest BCUT2D eigenvalue weighted by atomic mass is 10.1. The normalized spacial score (nSPS) is 11.2. The second kappa shape index (κ2) is 3.84. The summed E-state index contributed by atoms with van der Waals surface area (Å²) in [6, 6.07) is 4.38. The Labute approximate surface area is 83.7 Å². The topological polar surface area (TPSA) is 34.1 Å². The molecule has 1 aromatic carbocycles. The fourth-order valence-corrected chi connectivity index (χ4v) is 1.02. The van der Waals surface area contributed by atoms with E-state index in [4.69, 9.17) is 0 Å². The number of benzene rings is 1. The van der Waals surface area contributed by atoms with Gasteiger partial charge in [0.2, 0.25) is 0 Å². The molecule has 0 saturated heterocycles. The molecule has 0 unspecified atom stereocenters. The minimum atomic E-state index is -4.88. The quantitative estimate of drug-likeness (QED) is 0.712. The van der Waals surface area contributed by atoms with Crippen LogP contribution in [-0.2, 0) is 0 Å². The van der Waals surface area contributed by atoms with Gasteiger partial charge in [-0.15, -0.1) is 0 Å². The molecule has 80 valence electrons. The Morgan fingerprint density at radius 2 is 1.40 bits per heavy atom. The van der Waals surface area contributed by atoms with Crippen LogP contribution >= 0.6 is 0 Å². The maximum Gasteiger partial charge on any atom is 0.454 e. The van der Waals surface area contributed by atoms with Gasteiger partial charge in [0, 0.05) is 11.1 Å². The van der Waals surface area contributed by atoms with Crippen molar-refractivity contribution in [1.82, 2.24) is 0 Å². The van der Waals surface area contributed by atoms with Gasteiger partial charge in [0.25, 0.3) is 5.78 Å². The number of halogens is 3. The molecule has 0 fully saturated rings. The van der Waals surface area contributed by atoms with Crippen molar-refractivity contribution in [1.29, 1.82) is 0 Å². The minimum absolute atomic E-state index is 0.263. The highest BCUT2D eigenvalue weighted by Gasteiger charge is 2.39. The third kappa shape index (κ3) is 2.65. The van der Waals surface area contributed by atoms with Crippen LogP contribution in [0.2, 0.25) is 0 Å². The summed E-state index contributed by atoms with van der Waals surface area (Å²) < 4.78 is 35.9. The number of hydrogen-bond acceptors (Lipinski definition) is 2. The zero-order chi connectivity index (χ0) is 11.6. The fourth-order valence-electron chi connectivity index (χ4n) is 1.02. The molecule has 0 aliphatic rings. The highest BCUT2D eigenvalue weighted by Crippen LogP contribution is 2.21. The lowest BCUT2D eigenvalue weighted by Gasteiger charge is -2.04. The van der Waals surface area contributed by atoms with Gasteiger partial charge in [0.1, 0.15) is 0 Å². The van der Waals surface area contributed by atoms with E-state index in [1.54, 1.807) is 0 Å². The van der Waals surface area contributed by atoms with E-state index in [1.807, 2.05) is 0 Å². The molecule has 0 bridgehead atoms. The van der Waals surface area contributed by atoms with Crippen LogP contribution in [0.25, 0.3) is 0 Å². The molecule has 5 heteroatoms. The predicted octanol–water partition coefficient (Wildman–Crippen LogP) is 2.63. The molecular weight excluding hydrogens is 209 g/mol. The van der Waals surface area contributed by atoms with Gasteiger partial charge in [-0.05, 0) is 6.92 Å². The Morgan fingerprint density at radius 1 is 1.00 bits per heavy atom. The van der Waals surface area contributed by atoms with E-state index in [9.17, 15) is 22.8 Å². The van der Waals surface area contributed by atoms with E-state index < -0.39 is 17.5 Å². The maximum absolute atomic E-state index is 12.0. The summed E-state index contributed by atoms with van der Waals surface area (Å²) in [4.78, 5) is 21.6. The largest absolute Gasteiger partial charge is 0.454 e. The highest BCUT2D eigenvalue weighted by atomic mass is 19.4. The summed E-state index contributed by atoms with van der Waals surface area (Å²) in [5.41, 5.74) is -0.193. The summed E-state index contributed by atoms with van der Waals surface area (Å²) in [7, 11) is 0. The maximum atomic E-state index is 12.0. The van der Waals surface area contributed by atoms with Crippen LogP contribution in [0.4, 0.5) is 13.2 Å². The van der Waals surface area contributed by atoms with Gasteiger partial charge in [0.05, 0.1) is 0 Å². The van der Waals surface area contributed by atoms with E-state index in [2.05, 4.69) is 0 Å². The van der Waals surface area contributed by atoms with E-state index in [1.165, 1.54) is 19.1 Å². The Bertz CT molecular complexity index is 390. The zero-order valence-electron chi connectivity index (χ0n) is 7.76. The van der Waals surface area contributed by atoms with Crippen LogP contribution in [0, 0.1) is 0 Å². The van der Waals surface area contributed by atoms with Gasteiger partial charge in [-0.1, -0.05) is 24.3 Å². The first-order valence-electron chi connectivity index (χ1n) is 4.05. The summed E-state index contributed by atoms with van der Waals surface area (Å²) >= 11 is 0. The van der Waals surface area contributed by atoms with Crippen molar-refractivity contribution in [3.05, 3.63) is 35.4 Å². The lowest BCUT2D eigenvalue weighted by molar-refractivity contribution is -0.0885. The molecule has 1 rings (SSSR count). The summed E-state index contributed by atoms with van der Waals surface area (Å²) in [6.45, 7) is 1.29. The van der Waals surface area contributed by atoms with Gasteiger partial charge < -0.3 is 0 Å². The Balaban J connectivity index is 3.00. The van der Waals surface area contributed by atoms with Crippen LogP contribution in [0.1, 0.15) is 27.6 Å². The van der Waals surface area contributed by atoms with Crippen LogP contribution in [0.3, 0.4) is 0 Å². The molecule has 0 radical (unpaired) electrons. The number of hydrogen-bond donors (Lipinski definition) is 0. The number of rotatable bonds is 2. The van der Waals surface area contributed by atoms with Gasteiger partial charge in [0.15, 0.2) is 5.78 Å². The smallest absolute Gasteiger partial charge is 0.295 e. The molecule has 0 N–H and O–H groups in total. The van der Waals surface area contributed by atoms with Crippen molar-refractivity contribution in [2.45, 2.75) is 13.1 Å². The Hall–Kier alpha value is -1.65. The van der Waals surface area contributed by atoms with Crippen molar-refractivity contribution in [2.75, 3.05) is 0 Å². The second-order valence-electron chi connectivity index (χ2n) is 2.96. The van der Waals surface area contributed by atoms with Gasteiger partial charge in [-0.25, -0.2) is 0 Å². The van der Waals surface area contributed by atoms with Crippen LogP contribution in [-0.4, -0.2) is 17.7 Å². The number of carbonyl (C=O) groups excluding carboxylic acids is 2. The molecule has 0 aliphatic heterocycles. The summed E-state index contributed by atoms with van der Waals surface area (Å²) in [5, 5.41) is 0. The molecule has 0 aliphatic carbocycles. The zero-order valence-corrected chi connectivity index (χ0v) is 7.76. The number of Topliss-reactive ketones (excluding diaryl/α,β-unsaturated/α-hetero) is 2. The number of ketones is 2. The average Bonchev–Trinajstić information content (AvgIpc) is 2.15. The third-order valence-corrected chi connectivity index (χ3v) is 1.81.